The maximum absolute atomic E-state index is 10.4. The summed E-state index contributed by atoms with van der Waals surface area (Å²) in [6.07, 6.45) is 3.44. The highest BCUT2D eigenvalue weighted by atomic mass is 79.9. The molecule has 1 atom stereocenters. The molecule has 3 heteroatoms. The van der Waals surface area contributed by atoms with Crippen LogP contribution in [0.1, 0.15) is 47.3 Å². The van der Waals surface area contributed by atoms with Crippen molar-refractivity contribution in [1.82, 2.24) is 0 Å². The van der Waals surface area contributed by atoms with E-state index in [1.807, 2.05) is 18.2 Å². The maximum Gasteiger partial charge on any atom is 0.113 e. The lowest BCUT2D eigenvalue weighted by Gasteiger charge is -2.26. The Morgan fingerprint density at radius 2 is 2.06 bits per heavy atom. The van der Waals surface area contributed by atoms with Gasteiger partial charge in [0.15, 0.2) is 0 Å². The van der Waals surface area contributed by atoms with Crippen LogP contribution in [0.4, 0.5) is 0 Å². The van der Waals surface area contributed by atoms with Gasteiger partial charge in [-0.3, -0.25) is 0 Å². The van der Waals surface area contributed by atoms with Crippen LogP contribution in [0.3, 0.4) is 0 Å². The molecule has 0 bridgehead atoms. The van der Waals surface area contributed by atoms with E-state index in [0.29, 0.717) is 5.92 Å². The standard InChI is InChI=1S/C15H15BrOS/c16-14-8-7-13(18-14)15(17)12-6-2-5-11(9-12)10-3-1-4-10/h2,5-10,15,17H,1,3-4H2. The number of aliphatic hydroxyl groups is 1. The molecule has 2 aromatic rings. The van der Waals surface area contributed by atoms with E-state index < -0.39 is 6.10 Å². The molecule has 1 unspecified atom stereocenters. The summed E-state index contributed by atoms with van der Waals surface area (Å²) < 4.78 is 1.06. The van der Waals surface area contributed by atoms with Crippen LogP contribution in [0.5, 0.6) is 0 Å². The Bertz CT molecular complexity index is 545. The highest BCUT2D eigenvalue weighted by molar-refractivity contribution is 9.11. The van der Waals surface area contributed by atoms with Crippen molar-refractivity contribution in [2.24, 2.45) is 0 Å². The zero-order chi connectivity index (χ0) is 12.5. The molecule has 1 N–H and O–H groups in total. The molecule has 0 aliphatic heterocycles. The van der Waals surface area contributed by atoms with Gasteiger partial charge in [0, 0.05) is 4.88 Å². The second-order valence-electron chi connectivity index (χ2n) is 4.84. The molecule has 1 aromatic heterocycles. The third-order valence-electron chi connectivity index (χ3n) is 3.67. The molecule has 1 heterocycles. The van der Waals surface area contributed by atoms with Gasteiger partial charge in [0.1, 0.15) is 6.10 Å². The lowest BCUT2D eigenvalue weighted by Crippen LogP contribution is -2.09. The molecule has 0 saturated heterocycles. The van der Waals surface area contributed by atoms with E-state index in [2.05, 4.69) is 34.1 Å². The molecule has 0 amide bonds. The van der Waals surface area contributed by atoms with Gasteiger partial charge in [-0.25, -0.2) is 0 Å². The van der Waals surface area contributed by atoms with Crippen LogP contribution in [0, 0.1) is 0 Å². The summed E-state index contributed by atoms with van der Waals surface area (Å²) in [6, 6.07) is 12.4. The van der Waals surface area contributed by atoms with Gasteiger partial charge in [-0.1, -0.05) is 30.7 Å². The van der Waals surface area contributed by atoms with E-state index in [4.69, 9.17) is 0 Å². The van der Waals surface area contributed by atoms with Crippen LogP contribution in [-0.4, -0.2) is 5.11 Å². The zero-order valence-corrected chi connectivity index (χ0v) is 12.4. The number of hydrogen-bond acceptors (Lipinski definition) is 2. The minimum atomic E-state index is -0.499. The summed E-state index contributed by atoms with van der Waals surface area (Å²) in [5.74, 6) is 0.715. The lowest BCUT2D eigenvalue weighted by atomic mass is 9.79. The molecular formula is C15H15BrOS. The lowest BCUT2D eigenvalue weighted by molar-refractivity contribution is 0.224. The molecule has 94 valence electrons. The fourth-order valence-corrected chi connectivity index (χ4v) is 3.80. The first-order valence-electron chi connectivity index (χ1n) is 6.27. The number of hydrogen-bond donors (Lipinski definition) is 1. The van der Waals surface area contributed by atoms with E-state index in [1.165, 1.54) is 24.8 Å². The van der Waals surface area contributed by atoms with E-state index in [9.17, 15) is 5.11 Å². The summed E-state index contributed by atoms with van der Waals surface area (Å²) in [5.41, 5.74) is 2.39. The fraction of sp³-hybridized carbons (Fsp3) is 0.333. The third kappa shape index (κ3) is 2.40. The molecule has 1 aliphatic carbocycles. The molecule has 1 aliphatic rings. The normalized spacial score (nSPS) is 17.4. The number of halogens is 1. The van der Waals surface area contributed by atoms with Gasteiger partial charge in [0.2, 0.25) is 0 Å². The molecule has 18 heavy (non-hydrogen) atoms. The van der Waals surface area contributed by atoms with Gasteiger partial charge in [-0.2, -0.15) is 0 Å². The van der Waals surface area contributed by atoms with Crippen LogP contribution in [-0.2, 0) is 0 Å². The van der Waals surface area contributed by atoms with E-state index in [1.54, 1.807) is 11.3 Å². The van der Waals surface area contributed by atoms with Crippen LogP contribution in [0.25, 0.3) is 0 Å². The van der Waals surface area contributed by atoms with Gasteiger partial charge < -0.3 is 5.11 Å². The Labute approximate surface area is 120 Å². The highest BCUT2D eigenvalue weighted by Crippen LogP contribution is 2.38. The average molecular weight is 323 g/mol. The minimum absolute atomic E-state index is 0.499. The summed E-state index contributed by atoms with van der Waals surface area (Å²) in [5, 5.41) is 10.4. The van der Waals surface area contributed by atoms with Crippen molar-refractivity contribution in [3.05, 3.63) is 56.2 Å². The predicted octanol–water partition coefficient (Wildman–Crippen LogP) is 4.86. The van der Waals surface area contributed by atoms with Crippen LogP contribution in [0.15, 0.2) is 40.2 Å². The second kappa shape index (κ2) is 5.16. The second-order valence-corrected chi connectivity index (χ2v) is 7.34. The van der Waals surface area contributed by atoms with Crippen molar-refractivity contribution in [2.75, 3.05) is 0 Å². The summed E-state index contributed by atoms with van der Waals surface area (Å²) in [6.45, 7) is 0. The van der Waals surface area contributed by atoms with Crippen LogP contribution in [0.2, 0.25) is 0 Å². The summed E-state index contributed by atoms with van der Waals surface area (Å²) >= 11 is 5.03. The maximum atomic E-state index is 10.4. The first-order chi connectivity index (χ1) is 8.74. The van der Waals surface area contributed by atoms with E-state index in [0.717, 1.165) is 14.2 Å². The van der Waals surface area contributed by atoms with Gasteiger partial charge in [0.05, 0.1) is 3.79 Å². The van der Waals surface area contributed by atoms with E-state index in [-0.39, 0.29) is 0 Å². The monoisotopic (exact) mass is 322 g/mol. The SMILES string of the molecule is OC(c1cccc(C2CCC2)c1)c1ccc(Br)s1. The number of rotatable bonds is 3. The molecule has 0 radical (unpaired) electrons. The van der Waals surface area contributed by atoms with Crippen LogP contribution < -0.4 is 0 Å². The molecule has 1 nitrogen and oxygen atoms in total. The molecule has 1 fully saturated rings. The van der Waals surface area contributed by atoms with Crippen molar-refractivity contribution in [3.63, 3.8) is 0 Å². The first kappa shape index (κ1) is 12.4. The smallest absolute Gasteiger partial charge is 0.113 e. The molecular weight excluding hydrogens is 308 g/mol. The molecule has 1 saturated carbocycles. The predicted molar refractivity (Wildman–Crippen MR) is 79.1 cm³/mol. The Hall–Kier alpha value is -0.640. The molecule has 1 aromatic carbocycles. The zero-order valence-electron chi connectivity index (χ0n) is 9.97. The fourth-order valence-electron chi connectivity index (χ4n) is 2.36. The Morgan fingerprint density at radius 1 is 1.22 bits per heavy atom. The highest BCUT2D eigenvalue weighted by Gasteiger charge is 2.21. The Morgan fingerprint density at radius 3 is 2.67 bits per heavy atom. The number of thiophene rings is 1. The number of benzene rings is 1. The quantitative estimate of drug-likeness (QED) is 0.855. The topological polar surface area (TPSA) is 20.2 Å². The first-order valence-corrected chi connectivity index (χ1v) is 7.88. The Balaban J connectivity index is 1.86. The summed E-state index contributed by atoms with van der Waals surface area (Å²) in [7, 11) is 0. The van der Waals surface area contributed by atoms with Crippen molar-refractivity contribution < 1.29 is 5.11 Å². The number of aliphatic hydroxyl groups excluding tert-OH is 1. The van der Waals surface area contributed by atoms with E-state index >= 15 is 0 Å². The van der Waals surface area contributed by atoms with Crippen molar-refractivity contribution in [1.29, 1.82) is 0 Å². The third-order valence-corrected chi connectivity index (χ3v) is 5.34. The van der Waals surface area contributed by atoms with Crippen molar-refractivity contribution in [3.8, 4) is 0 Å². The van der Waals surface area contributed by atoms with Gasteiger partial charge in [-0.15, -0.1) is 11.3 Å². The summed E-state index contributed by atoms with van der Waals surface area (Å²) in [4.78, 5) is 0.993. The van der Waals surface area contributed by atoms with Gasteiger partial charge in [0.25, 0.3) is 0 Å². The van der Waals surface area contributed by atoms with Crippen molar-refractivity contribution >= 4 is 27.3 Å². The Kier molecular flexibility index (Phi) is 3.55. The van der Waals surface area contributed by atoms with Crippen LogP contribution >= 0.6 is 27.3 Å². The van der Waals surface area contributed by atoms with Gasteiger partial charge in [-0.05, 0) is 57.9 Å². The van der Waals surface area contributed by atoms with Crippen molar-refractivity contribution in [2.45, 2.75) is 31.3 Å². The molecule has 3 rings (SSSR count). The largest absolute Gasteiger partial charge is 0.383 e. The van der Waals surface area contributed by atoms with Gasteiger partial charge >= 0.3 is 0 Å². The molecule has 0 spiro atoms. The average Bonchev–Trinajstić information content (AvgIpc) is 2.73. The minimum Gasteiger partial charge on any atom is -0.383 e.